The minimum absolute atomic E-state index is 0.112. The van der Waals surface area contributed by atoms with Gasteiger partial charge in [-0.15, -0.1) is 0 Å². The lowest BCUT2D eigenvalue weighted by Crippen LogP contribution is -2.38. The highest BCUT2D eigenvalue weighted by molar-refractivity contribution is 5.81. The number of aryl methyl sites for hydroxylation is 1. The molecule has 5 heterocycles. The first-order valence-electron chi connectivity index (χ1n) is 12.3. The molecular formula is C22H31N9O7. The number of rotatable bonds is 9. The number of fused-ring (bicyclic) bond motifs is 1. The van der Waals surface area contributed by atoms with Gasteiger partial charge in [-0.3, -0.25) is 9.13 Å². The molecule has 0 aromatic carbocycles. The SMILES string of the molecule is Nc1nc(=O)n([C@H]2C[C@H](O)[C@@H](CO)O2)cc1CCCNC[C@H]1O[C@@H](n2cnc3c(N)ncnc32)[C@H](O)[C@@H]1O. The Hall–Kier alpha value is -3.25. The predicted octanol–water partition coefficient (Wildman–Crippen LogP) is -2.97. The monoisotopic (exact) mass is 533 g/mol. The van der Waals surface area contributed by atoms with Gasteiger partial charge in [-0.25, -0.2) is 19.7 Å². The van der Waals surface area contributed by atoms with E-state index in [4.69, 9.17) is 20.9 Å². The maximum absolute atomic E-state index is 12.3. The Morgan fingerprint density at radius 2 is 1.87 bits per heavy atom. The van der Waals surface area contributed by atoms with Gasteiger partial charge >= 0.3 is 5.69 Å². The van der Waals surface area contributed by atoms with Gasteiger partial charge in [0.15, 0.2) is 17.7 Å². The van der Waals surface area contributed by atoms with Crippen LogP contribution in [0.3, 0.4) is 0 Å². The van der Waals surface area contributed by atoms with Crippen molar-refractivity contribution in [2.45, 2.75) is 62.2 Å². The van der Waals surface area contributed by atoms with Gasteiger partial charge in [0.05, 0.1) is 19.0 Å². The zero-order chi connectivity index (χ0) is 27.0. The molecular weight excluding hydrogens is 502 g/mol. The number of nitrogens with zero attached hydrogens (tertiary/aromatic N) is 6. The molecule has 206 valence electrons. The van der Waals surface area contributed by atoms with Gasteiger partial charge in [0.25, 0.3) is 0 Å². The van der Waals surface area contributed by atoms with Gasteiger partial charge in [0, 0.05) is 24.7 Å². The van der Waals surface area contributed by atoms with E-state index >= 15 is 0 Å². The minimum atomic E-state index is -1.20. The molecule has 2 aliphatic heterocycles. The van der Waals surface area contributed by atoms with Gasteiger partial charge in [-0.1, -0.05) is 0 Å². The summed E-state index contributed by atoms with van der Waals surface area (Å²) in [5, 5.41) is 43.6. The summed E-state index contributed by atoms with van der Waals surface area (Å²) in [6.45, 7) is 0.434. The number of nitrogens with one attached hydrogen (secondary N) is 1. The van der Waals surface area contributed by atoms with Crippen LogP contribution in [0, 0.1) is 0 Å². The molecule has 0 saturated carbocycles. The summed E-state index contributed by atoms with van der Waals surface area (Å²) in [5.41, 5.74) is 12.6. The lowest BCUT2D eigenvalue weighted by atomic mass is 10.1. The van der Waals surface area contributed by atoms with E-state index in [9.17, 15) is 25.2 Å². The third-order valence-electron chi connectivity index (χ3n) is 6.90. The molecule has 5 rings (SSSR count). The molecule has 9 N–H and O–H groups in total. The summed E-state index contributed by atoms with van der Waals surface area (Å²) < 4.78 is 14.3. The summed E-state index contributed by atoms with van der Waals surface area (Å²) in [5.74, 6) is 0.315. The van der Waals surface area contributed by atoms with Crippen molar-refractivity contribution in [2.24, 2.45) is 0 Å². The highest BCUT2D eigenvalue weighted by Crippen LogP contribution is 2.32. The zero-order valence-electron chi connectivity index (χ0n) is 20.4. The molecule has 2 aliphatic rings. The van der Waals surface area contributed by atoms with Crippen molar-refractivity contribution in [3.8, 4) is 0 Å². The third-order valence-corrected chi connectivity index (χ3v) is 6.90. The molecule has 2 saturated heterocycles. The smallest absolute Gasteiger partial charge is 0.351 e. The Labute approximate surface area is 215 Å². The van der Waals surface area contributed by atoms with E-state index in [1.165, 1.54) is 21.8 Å². The molecule has 0 spiro atoms. The minimum Gasteiger partial charge on any atom is -0.394 e. The molecule has 3 aromatic rings. The van der Waals surface area contributed by atoms with Crippen molar-refractivity contribution in [3.05, 3.63) is 34.9 Å². The van der Waals surface area contributed by atoms with Gasteiger partial charge < -0.3 is 46.7 Å². The Bertz CT molecular complexity index is 1330. The zero-order valence-corrected chi connectivity index (χ0v) is 20.4. The van der Waals surface area contributed by atoms with Crippen LogP contribution in [-0.4, -0.2) is 99.7 Å². The summed E-state index contributed by atoms with van der Waals surface area (Å²) in [6, 6.07) is 0. The molecule has 0 radical (unpaired) electrons. The Kier molecular flexibility index (Phi) is 7.53. The molecule has 16 nitrogen and oxygen atoms in total. The highest BCUT2D eigenvalue weighted by atomic mass is 16.6. The van der Waals surface area contributed by atoms with Crippen molar-refractivity contribution in [1.29, 1.82) is 0 Å². The lowest BCUT2D eigenvalue weighted by Gasteiger charge is -2.17. The van der Waals surface area contributed by atoms with Gasteiger partial charge in [-0.2, -0.15) is 4.98 Å². The summed E-state index contributed by atoms with van der Waals surface area (Å²) in [6.07, 6.45) is -0.757. The predicted molar refractivity (Wildman–Crippen MR) is 131 cm³/mol. The fraction of sp³-hybridized carbons (Fsp3) is 0.591. The number of aliphatic hydroxyl groups excluding tert-OH is 4. The van der Waals surface area contributed by atoms with E-state index < -0.39 is 48.7 Å². The van der Waals surface area contributed by atoms with Crippen LogP contribution in [0.1, 0.15) is 30.9 Å². The van der Waals surface area contributed by atoms with Gasteiger partial charge in [-0.05, 0) is 19.4 Å². The largest absolute Gasteiger partial charge is 0.394 e. The van der Waals surface area contributed by atoms with Crippen LogP contribution in [0.15, 0.2) is 23.6 Å². The third kappa shape index (κ3) is 4.94. The number of hydrogen-bond acceptors (Lipinski definition) is 14. The number of nitrogen functional groups attached to an aromatic ring is 2. The first-order valence-corrected chi connectivity index (χ1v) is 12.3. The van der Waals surface area contributed by atoms with E-state index in [0.29, 0.717) is 36.1 Å². The number of ether oxygens (including phenoxy) is 2. The maximum atomic E-state index is 12.3. The molecule has 3 aromatic heterocycles. The van der Waals surface area contributed by atoms with Crippen LogP contribution in [0.4, 0.5) is 11.6 Å². The first kappa shape index (κ1) is 26.4. The van der Waals surface area contributed by atoms with Crippen molar-refractivity contribution in [2.75, 3.05) is 31.2 Å². The fourth-order valence-corrected chi connectivity index (χ4v) is 4.80. The first-order chi connectivity index (χ1) is 18.3. The van der Waals surface area contributed by atoms with Crippen LogP contribution in [0.25, 0.3) is 11.2 Å². The topological polar surface area (TPSA) is 242 Å². The van der Waals surface area contributed by atoms with E-state index in [1.54, 1.807) is 6.20 Å². The highest BCUT2D eigenvalue weighted by Gasteiger charge is 2.44. The number of anilines is 2. The summed E-state index contributed by atoms with van der Waals surface area (Å²) >= 11 is 0. The average Bonchev–Trinajstić information content (AvgIpc) is 3.57. The van der Waals surface area contributed by atoms with E-state index in [-0.39, 0.29) is 31.2 Å². The molecule has 0 bridgehead atoms. The molecule has 2 fully saturated rings. The molecule has 16 heteroatoms. The Morgan fingerprint density at radius 3 is 2.63 bits per heavy atom. The van der Waals surface area contributed by atoms with Crippen molar-refractivity contribution in [3.63, 3.8) is 0 Å². The standard InChI is InChI=1S/C22H31N9O7/c23-18-10(6-30(22(36)29-18)14-4-11(33)13(7-32)37-14)2-1-3-25-5-12-16(34)17(35)21(38-12)31-9-28-15-19(24)26-8-27-20(15)31/h6,8-9,11-14,16-17,21,25,32-35H,1-5,7H2,(H2,23,29,36)(H2,24,26,27)/t11-,12+,13+,14+,16+,17+,21+/m0/s1. The van der Waals surface area contributed by atoms with Crippen LogP contribution in [0.2, 0.25) is 0 Å². The lowest BCUT2D eigenvalue weighted by molar-refractivity contribution is -0.0459. The van der Waals surface area contributed by atoms with Crippen molar-refractivity contribution >= 4 is 22.8 Å². The fourth-order valence-electron chi connectivity index (χ4n) is 4.80. The molecule has 0 amide bonds. The Balaban J connectivity index is 1.15. The Morgan fingerprint density at radius 1 is 1.05 bits per heavy atom. The van der Waals surface area contributed by atoms with Gasteiger partial charge in [0.2, 0.25) is 0 Å². The average molecular weight is 534 g/mol. The second-order valence-corrected chi connectivity index (χ2v) is 9.39. The maximum Gasteiger partial charge on any atom is 0.351 e. The number of nitrogens with two attached hydrogens (primary N) is 2. The van der Waals surface area contributed by atoms with Gasteiger partial charge in [0.1, 0.15) is 48.3 Å². The number of hydrogen-bond donors (Lipinski definition) is 7. The number of aromatic nitrogens is 6. The van der Waals surface area contributed by atoms with E-state index in [0.717, 1.165) is 0 Å². The van der Waals surface area contributed by atoms with E-state index in [1.807, 2.05) is 0 Å². The number of imidazole rings is 1. The van der Waals surface area contributed by atoms with Crippen molar-refractivity contribution in [1.82, 2.24) is 34.4 Å². The number of aliphatic hydroxyl groups is 4. The quantitative estimate of drug-likeness (QED) is 0.136. The molecule has 0 unspecified atom stereocenters. The van der Waals surface area contributed by atoms with Crippen LogP contribution in [0.5, 0.6) is 0 Å². The second kappa shape index (κ2) is 10.9. The van der Waals surface area contributed by atoms with Crippen LogP contribution < -0.4 is 22.5 Å². The molecule has 0 aliphatic carbocycles. The summed E-state index contributed by atoms with van der Waals surface area (Å²) in [4.78, 5) is 28.4. The van der Waals surface area contributed by atoms with Crippen molar-refractivity contribution < 1.29 is 29.9 Å². The molecule has 7 atom stereocenters. The van der Waals surface area contributed by atoms with Crippen LogP contribution in [-0.2, 0) is 15.9 Å². The second-order valence-electron chi connectivity index (χ2n) is 9.39. The summed E-state index contributed by atoms with van der Waals surface area (Å²) in [7, 11) is 0. The van der Waals surface area contributed by atoms with Crippen LogP contribution >= 0.6 is 0 Å². The van der Waals surface area contributed by atoms with E-state index in [2.05, 4.69) is 25.3 Å². The normalized spacial score (nSPS) is 29.4. The molecule has 38 heavy (non-hydrogen) atoms.